The average molecular weight is 400 g/mol. The van der Waals surface area contributed by atoms with Crippen LogP contribution < -0.4 is 10.6 Å². The van der Waals surface area contributed by atoms with Gasteiger partial charge in [-0.3, -0.25) is 4.79 Å². The molecule has 0 saturated carbocycles. The minimum Gasteiger partial charge on any atom is -0.394 e. The van der Waals surface area contributed by atoms with Gasteiger partial charge in [0.1, 0.15) is 0 Å². The van der Waals surface area contributed by atoms with Gasteiger partial charge in [-0.25, -0.2) is 4.79 Å². The molecule has 29 heavy (non-hydrogen) atoms. The fraction of sp³-hybridized carbons (Fsp3) is 0.565. The van der Waals surface area contributed by atoms with E-state index >= 15 is 0 Å². The number of urea groups is 1. The summed E-state index contributed by atoms with van der Waals surface area (Å²) in [4.78, 5) is 25.8. The number of carbonyl (C=O) groups excluding carboxylic acids is 2. The summed E-state index contributed by atoms with van der Waals surface area (Å²) in [7, 11) is 0. The van der Waals surface area contributed by atoms with E-state index in [1.54, 1.807) is 4.90 Å². The maximum absolute atomic E-state index is 12.1. The Kier molecular flexibility index (Phi) is 7.31. The van der Waals surface area contributed by atoms with Crippen LogP contribution >= 0.6 is 0 Å². The lowest BCUT2D eigenvalue weighted by molar-refractivity contribution is -0.147. The zero-order valence-corrected chi connectivity index (χ0v) is 17.5. The van der Waals surface area contributed by atoms with Crippen LogP contribution in [0.4, 0.5) is 4.79 Å². The van der Waals surface area contributed by atoms with Gasteiger partial charge < -0.3 is 20.6 Å². The van der Waals surface area contributed by atoms with E-state index in [4.69, 9.17) is 0 Å². The summed E-state index contributed by atoms with van der Waals surface area (Å²) in [5.41, 5.74) is 3.76. The molecule has 6 nitrogen and oxygen atoms in total. The van der Waals surface area contributed by atoms with Crippen molar-refractivity contribution in [2.75, 3.05) is 19.7 Å². The molecule has 0 radical (unpaired) electrons. The molecule has 0 bridgehead atoms. The Morgan fingerprint density at radius 3 is 2.48 bits per heavy atom. The maximum Gasteiger partial charge on any atom is 0.314 e. The molecule has 0 unspecified atom stereocenters. The smallest absolute Gasteiger partial charge is 0.314 e. The van der Waals surface area contributed by atoms with Crippen LogP contribution in [0.25, 0.3) is 5.57 Å². The molecule has 0 spiro atoms. The van der Waals surface area contributed by atoms with E-state index in [2.05, 4.69) is 41.0 Å². The van der Waals surface area contributed by atoms with Crippen LogP contribution in [0, 0.1) is 0 Å². The lowest BCUT2D eigenvalue weighted by Gasteiger charge is -2.54. The molecule has 0 aromatic heterocycles. The molecule has 3 N–H and O–H groups in total. The number of likely N-dealkylation sites (tertiary alicyclic amines) is 1. The molecule has 3 rings (SSSR count). The van der Waals surface area contributed by atoms with Crippen LogP contribution in [0.2, 0.25) is 0 Å². The van der Waals surface area contributed by atoms with Gasteiger partial charge in [-0.1, -0.05) is 37.3 Å². The zero-order chi connectivity index (χ0) is 20.8. The van der Waals surface area contributed by atoms with Crippen LogP contribution in [0.5, 0.6) is 0 Å². The molecule has 158 valence electrons. The predicted molar refractivity (Wildman–Crippen MR) is 115 cm³/mol. The van der Waals surface area contributed by atoms with E-state index in [1.165, 1.54) is 30.9 Å². The number of aliphatic hydroxyl groups excluding tert-OH is 1. The normalized spacial score (nSPS) is 23.8. The standard InChI is InChI=1S/C23H33N3O3/c1-3-13-24-23(29)25-14-20-22(21(15-27)26(20)16(2)28)19-11-9-18(10-12-19)17-7-5-4-6-8-17/h7,9-12,20-22,27H,3-6,8,13-15H2,1-2H3,(H2,24,25,29)/t20-,21+,22+/m0/s1. The number of hydrogen-bond acceptors (Lipinski definition) is 3. The lowest BCUT2D eigenvalue weighted by atomic mass is 9.74. The number of amides is 3. The van der Waals surface area contributed by atoms with Gasteiger partial charge in [0.2, 0.25) is 5.91 Å². The average Bonchev–Trinajstić information content (AvgIpc) is 2.72. The number of benzene rings is 1. The number of hydrogen-bond donors (Lipinski definition) is 3. The third kappa shape index (κ3) is 4.81. The van der Waals surface area contributed by atoms with Gasteiger partial charge in [-0.05, 0) is 48.8 Å². The molecule has 3 atom stereocenters. The fourth-order valence-electron chi connectivity index (χ4n) is 4.60. The Morgan fingerprint density at radius 2 is 1.90 bits per heavy atom. The van der Waals surface area contributed by atoms with Crippen molar-refractivity contribution >= 4 is 17.5 Å². The van der Waals surface area contributed by atoms with Gasteiger partial charge in [0.15, 0.2) is 0 Å². The van der Waals surface area contributed by atoms with Crippen LogP contribution in [-0.2, 0) is 4.79 Å². The fourth-order valence-corrected chi connectivity index (χ4v) is 4.60. The van der Waals surface area contributed by atoms with Crippen LogP contribution in [0.3, 0.4) is 0 Å². The van der Waals surface area contributed by atoms with Crippen LogP contribution in [0.1, 0.15) is 63.0 Å². The van der Waals surface area contributed by atoms with Crippen LogP contribution in [0.15, 0.2) is 30.3 Å². The summed E-state index contributed by atoms with van der Waals surface area (Å²) in [6, 6.07) is 7.89. The van der Waals surface area contributed by atoms with Crippen LogP contribution in [-0.4, -0.2) is 53.7 Å². The second kappa shape index (κ2) is 9.92. The quantitative estimate of drug-likeness (QED) is 0.659. The van der Waals surface area contributed by atoms with Crippen molar-refractivity contribution < 1.29 is 14.7 Å². The number of nitrogens with zero attached hydrogens (tertiary/aromatic N) is 1. The summed E-state index contributed by atoms with van der Waals surface area (Å²) in [6.07, 6.45) is 7.98. The number of nitrogens with one attached hydrogen (secondary N) is 2. The largest absolute Gasteiger partial charge is 0.394 e. The Bertz CT molecular complexity index is 744. The zero-order valence-electron chi connectivity index (χ0n) is 17.5. The highest BCUT2D eigenvalue weighted by atomic mass is 16.3. The summed E-state index contributed by atoms with van der Waals surface area (Å²) < 4.78 is 0. The summed E-state index contributed by atoms with van der Waals surface area (Å²) >= 11 is 0. The number of allylic oxidation sites excluding steroid dienone is 2. The first-order valence-corrected chi connectivity index (χ1v) is 10.8. The van der Waals surface area contributed by atoms with Gasteiger partial charge in [0.05, 0.1) is 18.7 Å². The van der Waals surface area contributed by atoms with Crippen molar-refractivity contribution in [3.63, 3.8) is 0 Å². The van der Waals surface area contributed by atoms with Crippen molar-refractivity contribution in [1.29, 1.82) is 0 Å². The molecular formula is C23H33N3O3. The summed E-state index contributed by atoms with van der Waals surface area (Å²) in [5.74, 6) is -0.0743. The van der Waals surface area contributed by atoms with E-state index < -0.39 is 0 Å². The highest BCUT2D eigenvalue weighted by molar-refractivity contribution is 5.77. The predicted octanol–water partition coefficient (Wildman–Crippen LogP) is 3.03. The topological polar surface area (TPSA) is 81.7 Å². The maximum atomic E-state index is 12.1. The Morgan fingerprint density at radius 1 is 1.14 bits per heavy atom. The third-order valence-electron chi connectivity index (χ3n) is 6.06. The van der Waals surface area contributed by atoms with Gasteiger partial charge in [-0.2, -0.15) is 0 Å². The molecule has 1 aliphatic heterocycles. The molecule has 6 heteroatoms. The highest BCUT2D eigenvalue weighted by Gasteiger charge is 2.49. The van der Waals surface area contributed by atoms with Crippen molar-refractivity contribution in [2.45, 2.75) is 64.0 Å². The SMILES string of the molecule is CCCNC(=O)NC[C@H]1[C@@H](c2ccc(C3=CCCCC3)cc2)[C@@H](CO)N1C(C)=O. The third-order valence-corrected chi connectivity index (χ3v) is 6.06. The molecule has 1 aromatic rings. The van der Waals surface area contributed by atoms with E-state index in [0.717, 1.165) is 24.8 Å². The molecule has 2 aliphatic rings. The molecule has 1 aromatic carbocycles. The minimum absolute atomic E-state index is 0.00441. The van der Waals surface area contributed by atoms with E-state index in [0.29, 0.717) is 13.1 Å². The summed E-state index contributed by atoms with van der Waals surface area (Å²) in [5, 5.41) is 15.6. The monoisotopic (exact) mass is 399 g/mol. The molecule has 1 saturated heterocycles. The first kappa shape index (κ1) is 21.4. The lowest BCUT2D eigenvalue weighted by Crippen LogP contribution is -2.68. The molecule has 3 amide bonds. The second-order valence-electron chi connectivity index (χ2n) is 8.00. The minimum atomic E-state index is -0.252. The van der Waals surface area contributed by atoms with Gasteiger partial charge in [-0.15, -0.1) is 0 Å². The number of aliphatic hydroxyl groups is 1. The van der Waals surface area contributed by atoms with Gasteiger partial charge in [0, 0.05) is 25.9 Å². The van der Waals surface area contributed by atoms with Crippen molar-refractivity contribution in [3.8, 4) is 0 Å². The first-order valence-electron chi connectivity index (χ1n) is 10.8. The Balaban J connectivity index is 1.74. The van der Waals surface area contributed by atoms with Gasteiger partial charge in [0.25, 0.3) is 0 Å². The van der Waals surface area contributed by atoms with E-state index in [9.17, 15) is 14.7 Å². The van der Waals surface area contributed by atoms with Crippen molar-refractivity contribution in [2.24, 2.45) is 0 Å². The number of carbonyl (C=O) groups is 2. The second-order valence-corrected chi connectivity index (χ2v) is 8.00. The van der Waals surface area contributed by atoms with Crippen molar-refractivity contribution in [3.05, 3.63) is 41.5 Å². The Hall–Kier alpha value is -2.34. The Labute approximate surface area is 173 Å². The van der Waals surface area contributed by atoms with Crippen molar-refractivity contribution in [1.82, 2.24) is 15.5 Å². The number of rotatable bonds is 7. The first-order chi connectivity index (χ1) is 14.1. The molecular weight excluding hydrogens is 366 g/mol. The molecule has 1 fully saturated rings. The van der Waals surface area contributed by atoms with Gasteiger partial charge >= 0.3 is 6.03 Å². The summed E-state index contributed by atoms with van der Waals surface area (Å²) in [6.45, 7) is 4.41. The molecule has 1 aliphatic carbocycles. The van der Waals surface area contributed by atoms with E-state index in [-0.39, 0.29) is 36.5 Å². The van der Waals surface area contributed by atoms with E-state index in [1.807, 2.05) is 6.92 Å². The highest BCUT2D eigenvalue weighted by Crippen LogP contribution is 2.41. The molecule has 1 heterocycles.